The summed E-state index contributed by atoms with van der Waals surface area (Å²) >= 11 is 0. The molecule has 2 nitrogen and oxygen atoms in total. The molecule has 0 amide bonds. The van der Waals surface area contributed by atoms with Gasteiger partial charge >= 0.3 is 17.1 Å². The van der Waals surface area contributed by atoms with Gasteiger partial charge in [0.2, 0.25) is 0 Å². The Labute approximate surface area is 247 Å². The molecule has 0 aromatic carbocycles. The summed E-state index contributed by atoms with van der Waals surface area (Å²) in [5.41, 5.74) is 3.17. The van der Waals surface area contributed by atoms with E-state index in [-0.39, 0.29) is 30.2 Å². The van der Waals surface area contributed by atoms with Crippen LogP contribution in [-0.4, -0.2) is 29.6 Å². The van der Waals surface area contributed by atoms with Crippen molar-refractivity contribution in [2.75, 3.05) is 12.3 Å². The van der Waals surface area contributed by atoms with Crippen molar-refractivity contribution in [3.8, 4) is 0 Å². The minimum Gasteiger partial charge on any atom is -0.358 e. The van der Waals surface area contributed by atoms with Gasteiger partial charge in [0.25, 0.3) is 0 Å². The van der Waals surface area contributed by atoms with E-state index in [4.69, 9.17) is 0 Å². The summed E-state index contributed by atoms with van der Waals surface area (Å²) in [7, 11) is 0. The molecular weight excluding hydrogens is 526 g/mol. The zero-order valence-corrected chi connectivity index (χ0v) is 26.8. The van der Waals surface area contributed by atoms with E-state index in [9.17, 15) is 9.59 Å². The fourth-order valence-corrected chi connectivity index (χ4v) is 8.74. The Kier molecular flexibility index (Phi) is 28.3. The molecule has 0 spiro atoms. The van der Waals surface area contributed by atoms with Crippen molar-refractivity contribution in [3.63, 3.8) is 0 Å². The van der Waals surface area contributed by atoms with Gasteiger partial charge in [-0.25, -0.2) is 21.7 Å². The largest absolute Gasteiger partial charge is 2.00 e. The van der Waals surface area contributed by atoms with Gasteiger partial charge in [0, 0.05) is 11.2 Å². The molecule has 0 saturated heterocycles. The van der Waals surface area contributed by atoms with Crippen molar-refractivity contribution in [3.05, 3.63) is 61.6 Å². The summed E-state index contributed by atoms with van der Waals surface area (Å²) in [5.74, 6) is 2.13. The average molecular weight is 582 g/mol. The fourth-order valence-electron chi connectivity index (χ4n) is 4.99. The van der Waals surface area contributed by atoms with Crippen LogP contribution in [0.4, 0.5) is 0 Å². The molecule has 0 N–H and O–H groups in total. The van der Waals surface area contributed by atoms with Crippen molar-refractivity contribution in [2.24, 2.45) is 0 Å². The van der Waals surface area contributed by atoms with Crippen molar-refractivity contribution < 1.29 is 26.7 Å². The van der Waals surface area contributed by atoms with E-state index in [1.165, 1.54) is 89.9 Å². The molecule has 0 aliphatic heterocycles. The minimum atomic E-state index is -2.00. The van der Waals surface area contributed by atoms with Crippen LogP contribution in [0.25, 0.3) is 0 Å². The molecule has 1 atom stereocenters. The first-order valence-electron chi connectivity index (χ1n) is 14.8. The van der Waals surface area contributed by atoms with Crippen molar-refractivity contribution in [1.82, 2.24) is 0 Å². The summed E-state index contributed by atoms with van der Waals surface area (Å²) in [4.78, 5) is 24.0. The summed E-state index contributed by atoms with van der Waals surface area (Å²) in [6, 6.07) is 0. The van der Waals surface area contributed by atoms with Gasteiger partial charge in [-0.2, -0.15) is 6.08 Å². The smallest absolute Gasteiger partial charge is 0.358 e. The Bertz CT molecular complexity index is 776. The van der Waals surface area contributed by atoms with Crippen LogP contribution in [0.1, 0.15) is 123 Å². The molecule has 215 valence electrons. The third-order valence-corrected chi connectivity index (χ3v) is 11.3. The first-order valence-corrected chi connectivity index (χ1v) is 17.0. The Morgan fingerprint density at radius 1 is 0.763 bits per heavy atom. The van der Waals surface area contributed by atoms with E-state index in [1.807, 2.05) is 30.4 Å². The molecular formula is C34H55MnO2P. The summed E-state index contributed by atoms with van der Waals surface area (Å²) in [5, 5.41) is 0. The van der Waals surface area contributed by atoms with Crippen LogP contribution < -0.4 is 0 Å². The molecule has 0 fully saturated rings. The molecule has 4 heteroatoms. The van der Waals surface area contributed by atoms with Gasteiger partial charge in [-0.3, -0.25) is 6.08 Å². The second-order valence-corrected chi connectivity index (χ2v) is 14.0. The van der Waals surface area contributed by atoms with E-state index in [0.717, 1.165) is 31.6 Å². The van der Waals surface area contributed by atoms with Crippen LogP contribution >= 0.6 is 6.89 Å². The molecule has 0 aromatic heterocycles. The van der Waals surface area contributed by atoms with Gasteiger partial charge in [0.15, 0.2) is 0 Å². The predicted molar refractivity (Wildman–Crippen MR) is 167 cm³/mol. The number of hydrogen-bond acceptors (Lipinski definition) is 2. The quantitative estimate of drug-likeness (QED) is 0.0500. The third-order valence-electron chi connectivity index (χ3n) is 7.24. The van der Waals surface area contributed by atoms with Crippen LogP contribution in [0.3, 0.4) is 0 Å². The monoisotopic (exact) mass is 581 g/mol. The van der Waals surface area contributed by atoms with Gasteiger partial charge < -0.3 is 7.43 Å². The molecule has 0 saturated carbocycles. The molecule has 2 aliphatic rings. The maximum Gasteiger partial charge on any atom is 2.00 e. The first-order chi connectivity index (χ1) is 17.7. The Balaban J connectivity index is 0. The number of carbonyl (C=O) groups excluding carboxylic acids is 2. The van der Waals surface area contributed by atoms with Gasteiger partial charge in [0.05, 0.1) is 0 Å². The average Bonchev–Trinajstić information content (AvgIpc) is 3.51. The fraction of sp³-hybridized carbons (Fsp3) is 0.647. The molecule has 1 unspecified atom stereocenters. The van der Waals surface area contributed by atoms with Gasteiger partial charge in [-0.1, -0.05) is 122 Å². The Morgan fingerprint density at radius 3 is 1.63 bits per heavy atom. The van der Waals surface area contributed by atoms with E-state index in [0.29, 0.717) is 5.57 Å². The van der Waals surface area contributed by atoms with Gasteiger partial charge in [-0.15, -0.1) is 6.42 Å². The van der Waals surface area contributed by atoms with Crippen LogP contribution in [0.2, 0.25) is 0 Å². The predicted octanol–water partition coefficient (Wildman–Crippen LogP) is 10.4. The molecule has 2 aliphatic carbocycles. The summed E-state index contributed by atoms with van der Waals surface area (Å²) in [6.45, 7) is 2.50. The zero-order chi connectivity index (χ0) is 26.2. The van der Waals surface area contributed by atoms with E-state index >= 15 is 0 Å². The summed E-state index contributed by atoms with van der Waals surface area (Å²) < 4.78 is 0. The van der Waals surface area contributed by atoms with Crippen LogP contribution in [-0.2, 0) is 26.7 Å². The molecule has 38 heavy (non-hydrogen) atoms. The molecule has 0 bridgehead atoms. The van der Waals surface area contributed by atoms with Gasteiger partial charge in [0.1, 0.15) is 11.6 Å². The van der Waals surface area contributed by atoms with Crippen molar-refractivity contribution in [2.45, 2.75) is 129 Å². The van der Waals surface area contributed by atoms with E-state index in [1.54, 1.807) is 0 Å². The third kappa shape index (κ3) is 17.5. The van der Waals surface area contributed by atoms with E-state index < -0.39 is 6.89 Å². The Hall–Kier alpha value is -1.06. The standard InChI is InChI=1S/C28H47O2P.C5H5.CH3.Mn/c1-3-5-7-9-11-13-15-19-23-31(26-30,28-22-18-17-21-27(28)25-29)24-20-16-14-12-10-8-6-4-2;1-2-4-5-3-1;;/h17-18,21-22,28H,3-16,19-20,23-24H2,1-2H3;1-3H,4H2;1H3;/q;2*-1;+2. The topological polar surface area (TPSA) is 34.1 Å². The SMILES string of the molecule is CCCCCCCCCCP(=C=O)(CCCCCCCCCC)C1C=CC=CC1=C=O.[C-]1=CC=CC1.[CH3-].[Mn+2]. The van der Waals surface area contributed by atoms with Gasteiger partial charge in [-0.05, 0) is 38.1 Å². The normalized spacial score (nSPS) is 15.2. The van der Waals surface area contributed by atoms with Crippen molar-refractivity contribution >= 4 is 18.5 Å². The van der Waals surface area contributed by atoms with E-state index in [2.05, 4.69) is 43.7 Å². The molecule has 0 heterocycles. The van der Waals surface area contributed by atoms with Crippen molar-refractivity contribution in [1.29, 1.82) is 0 Å². The first kappa shape index (κ1) is 39.1. The summed E-state index contributed by atoms with van der Waals surface area (Å²) in [6.07, 6.45) is 40.0. The second-order valence-electron chi connectivity index (χ2n) is 10.3. The number of hydrogen-bond donors (Lipinski definition) is 0. The second kappa shape index (κ2) is 27.5. The van der Waals surface area contributed by atoms with Crippen LogP contribution in [0, 0.1) is 13.5 Å². The maximum atomic E-state index is 12.4. The minimum absolute atomic E-state index is 0. The molecule has 1 radical (unpaired) electrons. The van der Waals surface area contributed by atoms with Crippen LogP contribution in [0.15, 0.2) is 48.1 Å². The molecule has 2 rings (SSSR count). The number of rotatable bonds is 19. The number of allylic oxidation sites excluding steroid dienone is 9. The molecule has 0 aromatic rings. The zero-order valence-electron chi connectivity index (χ0n) is 24.7. The number of unbranched alkanes of at least 4 members (excludes halogenated alkanes) is 14. The van der Waals surface area contributed by atoms with Crippen LogP contribution in [0.5, 0.6) is 0 Å². The maximum absolute atomic E-state index is 12.4. The Morgan fingerprint density at radius 2 is 1.26 bits per heavy atom.